The van der Waals surface area contributed by atoms with Crippen molar-refractivity contribution in [2.75, 3.05) is 6.54 Å². The maximum absolute atomic E-state index is 11.9. The van der Waals surface area contributed by atoms with Crippen molar-refractivity contribution in [2.24, 2.45) is 11.7 Å². The maximum Gasteiger partial charge on any atom is 0.252 e. The van der Waals surface area contributed by atoms with Crippen LogP contribution >= 0.6 is 0 Å². The highest BCUT2D eigenvalue weighted by atomic mass is 16.1. The summed E-state index contributed by atoms with van der Waals surface area (Å²) in [6.45, 7) is 2.66. The van der Waals surface area contributed by atoms with Crippen LogP contribution in [-0.2, 0) is 0 Å². The van der Waals surface area contributed by atoms with Gasteiger partial charge >= 0.3 is 0 Å². The molecule has 98 valence electrons. The van der Waals surface area contributed by atoms with Crippen LogP contribution in [0.2, 0.25) is 0 Å². The molecule has 0 saturated heterocycles. The number of nitrogens with zero attached hydrogens (tertiary/aromatic N) is 1. The van der Waals surface area contributed by atoms with Crippen LogP contribution in [0.3, 0.4) is 0 Å². The van der Waals surface area contributed by atoms with Crippen molar-refractivity contribution in [3.05, 3.63) is 29.6 Å². The molecule has 1 saturated carbocycles. The fourth-order valence-corrected chi connectivity index (χ4v) is 2.54. The smallest absolute Gasteiger partial charge is 0.252 e. The molecular formula is C14H21N3O. The summed E-state index contributed by atoms with van der Waals surface area (Å²) in [5.74, 6) is 0.487. The second-order valence-electron chi connectivity index (χ2n) is 5.25. The van der Waals surface area contributed by atoms with Crippen LogP contribution in [0.25, 0.3) is 0 Å². The molecule has 0 aliphatic heterocycles. The number of rotatable bonds is 3. The molecule has 18 heavy (non-hydrogen) atoms. The van der Waals surface area contributed by atoms with E-state index in [9.17, 15) is 4.79 Å². The van der Waals surface area contributed by atoms with Gasteiger partial charge in [0, 0.05) is 25.0 Å². The summed E-state index contributed by atoms with van der Waals surface area (Å²) in [6.07, 6.45) is 7.83. The highest BCUT2D eigenvalue weighted by molar-refractivity contribution is 5.93. The van der Waals surface area contributed by atoms with Crippen molar-refractivity contribution < 1.29 is 4.79 Å². The molecule has 1 aromatic heterocycles. The lowest BCUT2D eigenvalue weighted by Crippen LogP contribution is -2.35. The number of carbonyl (C=O) groups is 1. The maximum atomic E-state index is 11.9. The molecule has 4 nitrogen and oxygen atoms in total. The predicted molar refractivity (Wildman–Crippen MR) is 71.2 cm³/mol. The molecule has 1 fully saturated rings. The number of nitrogens with one attached hydrogen (secondary N) is 1. The van der Waals surface area contributed by atoms with E-state index in [-0.39, 0.29) is 5.91 Å². The Kier molecular flexibility index (Phi) is 4.31. The molecule has 0 radical (unpaired) electrons. The zero-order valence-corrected chi connectivity index (χ0v) is 10.9. The van der Waals surface area contributed by atoms with E-state index in [0.29, 0.717) is 17.5 Å². The Morgan fingerprint density at radius 2 is 2.33 bits per heavy atom. The summed E-state index contributed by atoms with van der Waals surface area (Å²) in [5, 5.41) is 2.98. The standard InChI is InChI=1S/C14H21N3O/c1-10-5-12(9-16-7-10)14(18)17-8-11-3-2-4-13(15)6-11/h5,7,9,11,13H,2-4,6,8,15H2,1H3,(H,17,18). The average Bonchev–Trinajstić information content (AvgIpc) is 2.36. The van der Waals surface area contributed by atoms with Gasteiger partial charge in [0.15, 0.2) is 0 Å². The van der Waals surface area contributed by atoms with Crippen molar-refractivity contribution in [3.63, 3.8) is 0 Å². The number of amides is 1. The molecule has 0 aromatic carbocycles. The molecule has 2 rings (SSSR count). The van der Waals surface area contributed by atoms with Gasteiger partial charge in [-0.15, -0.1) is 0 Å². The van der Waals surface area contributed by atoms with E-state index in [1.54, 1.807) is 12.4 Å². The number of carbonyl (C=O) groups excluding carboxylic acids is 1. The summed E-state index contributed by atoms with van der Waals surface area (Å²) in [6, 6.07) is 2.16. The van der Waals surface area contributed by atoms with Crippen LogP contribution in [-0.4, -0.2) is 23.5 Å². The Hall–Kier alpha value is -1.42. The molecule has 1 aliphatic rings. The Morgan fingerprint density at radius 3 is 3.06 bits per heavy atom. The lowest BCUT2D eigenvalue weighted by Gasteiger charge is -2.26. The van der Waals surface area contributed by atoms with Crippen molar-refractivity contribution >= 4 is 5.91 Å². The number of nitrogens with two attached hydrogens (primary N) is 1. The molecule has 0 bridgehead atoms. The fourth-order valence-electron chi connectivity index (χ4n) is 2.54. The SMILES string of the molecule is Cc1cncc(C(=O)NCC2CCCC(N)C2)c1. The van der Waals surface area contributed by atoms with Gasteiger partial charge in [-0.2, -0.15) is 0 Å². The van der Waals surface area contributed by atoms with Gasteiger partial charge in [-0.25, -0.2) is 0 Å². The minimum absolute atomic E-state index is 0.0367. The Bertz CT molecular complexity index is 419. The highest BCUT2D eigenvalue weighted by Gasteiger charge is 2.19. The second-order valence-corrected chi connectivity index (χ2v) is 5.25. The Balaban J connectivity index is 1.84. The van der Waals surface area contributed by atoms with Gasteiger partial charge in [-0.3, -0.25) is 9.78 Å². The molecule has 4 heteroatoms. The van der Waals surface area contributed by atoms with E-state index in [4.69, 9.17) is 5.73 Å². The van der Waals surface area contributed by atoms with E-state index >= 15 is 0 Å². The lowest BCUT2D eigenvalue weighted by atomic mass is 9.86. The average molecular weight is 247 g/mol. The molecule has 1 aromatic rings. The topological polar surface area (TPSA) is 68.0 Å². The van der Waals surface area contributed by atoms with Crippen LogP contribution in [0.4, 0.5) is 0 Å². The van der Waals surface area contributed by atoms with Crippen molar-refractivity contribution in [1.29, 1.82) is 0 Å². The normalized spacial score (nSPS) is 23.7. The van der Waals surface area contributed by atoms with Crippen LogP contribution in [0.15, 0.2) is 18.5 Å². The first-order valence-electron chi connectivity index (χ1n) is 6.60. The zero-order valence-electron chi connectivity index (χ0n) is 10.9. The van der Waals surface area contributed by atoms with Gasteiger partial charge in [0.1, 0.15) is 0 Å². The number of hydrogen-bond acceptors (Lipinski definition) is 3. The minimum atomic E-state index is -0.0367. The first kappa shape index (κ1) is 13.0. The molecule has 1 amide bonds. The molecular weight excluding hydrogens is 226 g/mol. The third-order valence-corrected chi connectivity index (χ3v) is 3.51. The van der Waals surface area contributed by atoms with E-state index < -0.39 is 0 Å². The van der Waals surface area contributed by atoms with E-state index in [2.05, 4.69) is 10.3 Å². The minimum Gasteiger partial charge on any atom is -0.352 e. The molecule has 1 aliphatic carbocycles. The molecule has 1 heterocycles. The molecule has 0 spiro atoms. The third kappa shape index (κ3) is 3.53. The van der Waals surface area contributed by atoms with E-state index in [0.717, 1.165) is 24.9 Å². The first-order valence-corrected chi connectivity index (χ1v) is 6.60. The van der Waals surface area contributed by atoms with Gasteiger partial charge in [0.05, 0.1) is 5.56 Å². The largest absolute Gasteiger partial charge is 0.352 e. The van der Waals surface area contributed by atoms with Crippen LogP contribution in [0, 0.1) is 12.8 Å². The number of aromatic nitrogens is 1. The van der Waals surface area contributed by atoms with Gasteiger partial charge < -0.3 is 11.1 Å². The number of aryl methyl sites for hydroxylation is 1. The van der Waals surface area contributed by atoms with Crippen LogP contribution < -0.4 is 11.1 Å². The predicted octanol–water partition coefficient (Wildman–Crippen LogP) is 1.64. The quantitative estimate of drug-likeness (QED) is 0.853. The summed E-state index contributed by atoms with van der Waals surface area (Å²) in [5.41, 5.74) is 7.58. The summed E-state index contributed by atoms with van der Waals surface area (Å²) in [4.78, 5) is 16.0. The van der Waals surface area contributed by atoms with Crippen LogP contribution in [0.1, 0.15) is 41.6 Å². The van der Waals surface area contributed by atoms with Crippen LogP contribution in [0.5, 0.6) is 0 Å². The van der Waals surface area contributed by atoms with Crippen molar-refractivity contribution in [3.8, 4) is 0 Å². The summed E-state index contributed by atoms with van der Waals surface area (Å²) in [7, 11) is 0. The van der Waals surface area contributed by atoms with Gasteiger partial charge in [-0.05, 0) is 43.7 Å². The third-order valence-electron chi connectivity index (χ3n) is 3.51. The molecule has 2 atom stereocenters. The summed E-state index contributed by atoms with van der Waals surface area (Å²) >= 11 is 0. The second kappa shape index (κ2) is 5.96. The molecule has 2 unspecified atom stereocenters. The summed E-state index contributed by atoms with van der Waals surface area (Å²) < 4.78 is 0. The molecule has 3 N–H and O–H groups in total. The Morgan fingerprint density at radius 1 is 1.50 bits per heavy atom. The fraction of sp³-hybridized carbons (Fsp3) is 0.571. The van der Waals surface area contributed by atoms with E-state index in [1.165, 1.54) is 12.8 Å². The van der Waals surface area contributed by atoms with E-state index in [1.807, 2.05) is 13.0 Å². The number of hydrogen-bond donors (Lipinski definition) is 2. The van der Waals surface area contributed by atoms with Gasteiger partial charge in [0.2, 0.25) is 0 Å². The van der Waals surface area contributed by atoms with Gasteiger partial charge in [0.25, 0.3) is 5.91 Å². The Labute approximate surface area is 108 Å². The highest BCUT2D eigenvalue weighted by Crippen LogP contribution is 2.22. The van der Waals surface area contributed by atoms with Crippen molar-refractivity contribution in [1.82, 2.24) is 10.3 Å². The number of pyridine rings is 1. The monoisotopic (exact) mass is 247 g/mol. The lowest BCUT2D eigenvalue weighted by molar-refractivity contribution is 0.0942. The van der Waals surface area contributed by atoms with Gasteiger partial charge in [-0.1, -0.05) is 6.42 Å². The van der Waals surface area contributed by atoms with Crippen molar-refractivity contribution in [2.45, 2.75) is 38.6 Å². The first-order chi connectivity index (χ1) is 8.65. The zero-order chi connectivity index (χ0) is 13.0.